The molecule has 1 unspecified atom stereocenters. The van der Waals surface area contributed by atoms with E-state index >= 15 is 0 Å². The summed E-state index contributed by atoms with van der Waals surface area (Å²) in [7, 11) is 0. The summed E-state index contributed by atoms with van der Waals surface area (Å²) in [5.74, 6) is -1.80. The zero-order valence-electron chi connectivity index (χ0n) is 20.0. The van der Waals surface area contributed by atoms with Gasteiger partial charge in [-0.25, -0.2) is 17.6 Å². The first-order valence-corrected chi connectivity index (χ1v) is 12.1. The van der Waals surface area contributed by atoms with Crippen LogP contribution in [0.1, 0.15) is 61.9 Å². The van der Waals surface area contributed by atoms with Crippen molar-refractivity contribution in [2.75, 3.05) is 5.32 Å². The molecule has 3 aromatic rings. The van der Waals surface area contributed by atoms with E-state index in [0.717, 1.165) is 12.1 Å². The van der Waals surface area contributed by atoms with Gasteiger partial charge in [0.1, 0.15) is 11.6 Å². The second-order valence-electron chi connectivity index (χ2n) is 9.47. The van der Waals surface area contributed by atoms with E-state index in [9.17, 15) is 40.3 Å². The lowest BCUT2D eigenvalue weighted by Gasteiger charge is -2.31. The molecule has 1 aliphatic heterocycles. The summed E-state index contributed by atoms with van der Waals surface area (Å²) < 4.78 is 94.1. The van der Waals surface area contributed by atoms with Gasteiger partial charge < -0.3 is 10.6 Å². The summed E-state index contributed by atoms with van der Waals surface area (Å²) in [4.78, 5) is 26.0. The number of nitrogens with one attached hydrogen (secondary N) is 2. The van der Waals surface area contributed by atoms with Crippen molar-refractivity contribution in [3.63, 3.8) is 0 Å². The number of fused-ring (bicyclic) bond motifs is 1. The zero-order chi connectivity index (χ0) is 29.0. The second-order valence-corrected chi connectivity index (χ2v) is 9.88. The minimum Gasteiger partial charge on any atom is -0.341 e. The zero-order valence-corrected chi connectivity index (χ0v) is 20.8. The van der Waals surface area contributed by atoms with E-state index < -0.39 is 71.5 Å². The molecule has 1 heterocycles. The SMILES string of the molecule is O=C(Nc1cc(C#CC2CC(F)(F)C2)cc2c1C(c1cc(F)ccc1Cl)NC2=O)c1cc(F)cc(C(F)(F)F)c1. The summed E-state index contributed by atoms with van der Waals surface area (Å²) in [5.41, 5.74) is -1.79. The fourth-order valence-corrected chi connectivity index (χ4v) is 4.83. The predicted octanol–water partition coefficient (Wildman–Crippen LogP) is 7.12. The summed E-state index contributed by atoms with van der Waals surface area (Å²) in [5, 5.41) is 5.10. The Labute approximate surface area is 227 Å². The molecule has 0 bridgehead atoms. The number of hydrogen-bond acceptors (Lipinski definition) is 2. The van der Waals surface area contributed by atoms with E-state index in [1.165, 1.54) is 18.2 Å². The fraction of sp³-hybridized carbons (Fsp3) is 0.214. The first-order chi connectivity index (χ1) is 18.7. The van der Waals surface area contributed by atoms with E-state index in [2.05, 4.69) is 22.5 Å². The molecular weight excluding hydrogens is 565 g/mol. The van der Waals surface area contributed by atoms with Crippen molar-refractivity contribution in [2.45, 2.75) is 31.0 Å². The van der Waals surface area contributed by atoms with Crippen molar-refractivity contribution in [1.29, 1.82) is 0 Å². The van der Waals surface area contributed by atoms with E-state index in [4.69, 9.17) is 11.6 Å². The molecule has 1 fully saturated rings. The van der Waals surface area contributed by atoms with Gasteiger partial charge in [-0.15, -0.1) is 0 Å². The third kappa shape index (κ3) is 5.49. The molecule has 1 atom stereocenters. The van der Waals surface area contributed by atoms with Crippen molar-refractivity contribution in [3.05, 3.63) is 98.6 Å². The summed E-state index contributed by atoms with van der Waals surface area (Å²) in [6.07, 6.45) is -5.80. The largest absolute Gasteiger partial charge is 0.416 e. The van der Waals surface area contributed by atoms with Crippen LogP contribution in [-0.4, -0.2) is 17.7 Å². The number of carbonyl (C=O) groups excluding carboxylic acids is 2. The molecule has 0 saturated heterocycles. The highest BCUT2D eigenvalue weighted by atomic mass is 35.5. The molecule has 1 saturated carbocycles. The molecule has 3 aromatic carbocycles. The van der Waals surface area contributed by atoms with Gasteiger partial charge in [-0.3, -0.25) is 9.59 Å². The molecule has 0 spiro atoms. The third-order valence-electron chi connectivity index (χ3n) is 6.50. The molecule has 1 aliphatic carbocycles. The minimum atomic E-state index is -4.93. The van der Waals surface area contributed by atoms with E-state index in [0.29, 0.717) is 12.1 Å². The summed E-state index contributed by atoms with van der Waals surface area (Å²) >= 11 is 6.25. The maximum Gasteiger partial charge on any atom is 0.416 e. The van der Waals surface area contributed by atoms with Gasteiger partial charge in [-0.2, -0.15) is 13.2 Å². The molecule has 12 heteroatoms. The van der Waals surface area contributed by atoms with E-state index in [1.54, 1.807) is 0 Å². The maximum absolute atomic E-state index is 14.1. The highest BCUT2D eigenvalue weighted by Gasteiger charge is 2.44. The van der Waals surface area contributed by atoms with Crippen molar-refractivity contribution >= 4 is 29.1 Å². The monoisotopic (exact) mass is 580 g/mol. The topological polar surface area (TPSA) is 58.2 Å². The third-order valence-corrected chi connectivity index (χ3v) is 6.85. The molecule has 206 valence electrons. The average Bonchev–Trinajstić information content (AvgIpc) is 3.18. The van der Waals surface area contributed by atoms with Crippen LogP contribution in [0.3, 0.4) is 0 Å². The number of anilines is 1. The number of benzene rings is 3. The summed E-state index contributed by atoms with van der Waals surface area (Å²) in [6, 6.07) is 6.29. The van der Waals surface area contributed by atoms with Gasteiger partial charge in [-0.05, 0) is 48.5 Å². The molecule has 0 aromatic heterocycles. The van der Waals surface area contributed by atoms with Gasteiger partial charge in [0.05, 0.1) is 11.6 Å². The Kier molecular flexibility index (Phi) is 6.78. The predicted molar refractivity (Wildman–Crippen MR) is 131 cm³/mol. The van der Waals surface area contributed by atoms with Crippen molar-refractivity contribution in [1.82, 2.24) is 5.32 Å². The molecular formula is C28H16ClF7N2O2. The lowest BCUT2D eigenvalue weighted by molar-refractivity contribution is -0.137. The second kappa shape index (κ2) is 9.86. The van der Waals surface area contributed by atoms with Gasteiger partial charge in [0, 0.05) is 57.3 Å². The van der Waals surface area contributed by atoms with Crippen LogP contribution >= 0.6 is 11.6 Å². The highest BCUT2D eigenvalue weighted by Crippen LogP contribution is 2.43. The number of hydrogen-bond donors (Lipinski definition) is 2. The first kappa shape index (κ1) is 27.5. The van der Waals surface area contributed by atoms with Gasteiger partial charge in [0.25, 0.3) is 17.7 Å². The molecule has 5 rings (SSSR count). The van der Waals surface area contributed by atoms with Crippen LogP contribution in [0.2, 0.25) is 5.02 Å². The Morgan fingerprint density at radius 3 is 2.42 bits per heavy atom. The van der Waals surface area contributed by atoms with Crippen LogP contribution < -0.4 is 10.6 Å². The lowest BCUT2D eigenvalue weighted by Crippen LogP contribution is -2.34. The molecule has 0 radical (unpaired) electrons. The Morgan fingerprint density at radius 2 is 1.75 bits per heavy atom. The molecule has 2 aliphatic rings. The first-order valence-electron chi connectivity index (χ1n) is 11.7. The smallest absolute Gasteiger partial charge is 0.341 e. The number of halogens is 8. The van der Waals surface area contributed by atoms with Gasteiger partial charge in [-0.1, -0.05) is 23.4 Å². The molecule has 2 N–H and O–H groups in total. The van der Waals surface area contributed by atoms with Crippen LogP contribution in [-0.2, 0) is 6.18 Å². The van der Waals surface area contributed by atoms with Gasteiger partial charge in [0.2, 0.25) is 0 Å². The fourth-order valence-electron chi connectivity index (χ4n) is 4.61. The standard InChI is InChI=1S/C28H16ClF7N2O2/c29-21-4-3-17(30)10-19(21)24-23-20(26(40)38-24)5-13(1-2-14-11-27(32,33)12-14)6-22(23)37-25(39)15-7-16(28(34,35)36)9-18(31)8-15/h3-10,14,24H,11-12H2,(H,37,39)(H,38,40). The van der Waals surface area contributed by atoms with Crippen LogP contribution in [0.5, 0.6) is 0 Å². The minimum absolute atomic E-state index is 0.0124. The van der Waals surface area contributed by atoms with Crippen LogP contribution in [0.15, 0.2) is 48.5 Å². The number of alkyl halides is 5. The average molecular weight is 581 g/mol. The Balaban J connectivity index is 1.59. The van der Waals surface area contributed by atoms with Crippen molar-refractivity contribution in [2.24, 2.45) is 5.92 Å². The Bertz CT molecular complexity index is 1620. The number of amides is 2. The van der Waals surface area contributed by atoms with Crippen LogP contribution in [0.4, 0.5) is 36.4 Å². The van der Waals surface area contributed by atoms with Crippen molar-refractivity contribution < 1.29 is 40.3 Å². The number of rotatable bonds is 3. The maximum atomic E-state index is 14.1. The molecule has 4 nitrogen and oxygen atoms in total. The Morgan fingerprint density at radius 1 is 1.02 bits per heavy atom. The van der Waals surface area contributed by atoms with Crippen molar-refractivity contribution in [3.8, 4) is 11.8 Å². The Hall–Kier alpha value is -4.04. The quantitative estimate of drug-likeness (QED) is 0.256. The normalized spacial score (nSPS) is 17.8. The van der Waals surface area contributed by atoms with E-state index in [1.807, 2.05) is 0 Å². The molecule has 2 amide bonds. The lowest BCUT2D eigenvalue weighted by atomic mass is 9.82. The van der Waals surface area contributed by atoms with Gasteiger partial charge in [0.15, 0.2) is 0 Å². The van der Waals surface area contributed by atoms with Crippen LogP contribution in [0.25, 0.3) is 0 Å². The van der Waals surface area contributed by atoms with Crippen LogP contribution in [0, 0.1) is 29.4 Å². The molecule has 40 heavy (non-hydrogen) atoms. The number of carbonyl (C=O) groups is 2. The van der Waals surface area contributed by atoms with Gasteiger partial charge >= 0.3 is 6.18 Å². The summed E-state index contributed by atoms with van der Waals surface area (Å²) in [6.45, 7) is 0. The van der Waals surface area contributed by atoms with E-state index in [-0.39, 0.29) is 39.0 Å². The highest BCUT2D eigenvalue weighted by molar-refractivity contribution is 6.31.